The lowest BCUT2D eigenvalue weighted by Crippen LogP contribution is -2.37. The zero-order chi connectivity index (χ0) is 14.4. The molecule has 0 spiro atoms. The Kier molecular flexibility index (Phi) is 3.66. The largest absolute Gasteiger partial charge is 0.308 e. The molecule has 3 nitrogen and oxygen atoms in total. The summed E-state index contributed by atoms with van der Waals surface area (Å²) >= 11 is 0. The van der Waals surface area contributed by atoms with Crippen molar-refractivity contribution in [2.75, 3.05) is 0 Å². The molecule has 0 saturated heterocycles. The lowest BCUT2D eigenvalue weighted by molar-refractivity contribution is 0.420. The first-order valence-electron chi connectivity index (χ1n) is 6.22. The lowest BCUT2D eigenvalue weighted by atomic mass is 10.00. The Bertz CT molecular complexity index is 599. The second kappa shape index (κ2) is 4.83. The molecule has 1 N–H and O–H groups in total. The number of rotatable bonds is 2. The molecule has 106 valence electrons. The molecule has 19 heavy (non-hydrogen) atoms. The molecule has 0 bridgehead atoms. The molecule has 1 heterocycles. The van der Waals surface area contributed by atoms with Crippen molar-refractivity contribution in [1.82, 2.24) is 5.32 Å². The quantitative estimate of drug-likeness (QED) is 0.851. The van der Waals surface area contributed by atoms with Crippen molar-refractivity contribution >= 4 is 9.84 Å². The van der Waals surface area contributed by atoms with E-state index < -0.39 is 26.7 Å². The highest BCUT2D eigenvalue weighted by molar-refractivity contribution is 7.92. The first-order chi connectivity index (χ1) is 8.73. The van der Waals surface area contributed by atoms with Gasteiger partial charge < -0.3 is 5.32 Å². The van der Waals surface area contributed by atoms with Crippen molar-refractivity contribution in [2.45, 2.75) is 49.4 Å². The minimum Gasteiger partial charge on any atom is -0.308 e. The predicted octanol–water partition coefficient (Wildman–Crippen LogP) is 2.57. The summed E-state index contributed by atoms with van der Waals surface area (Å²) in [5.74, 6) is -2.14. The Morgan fingerprint density at radius 3 is 2.42 bits per heavy atom. The number of sulfone groups is 1. The van der Waals surface area contributed by atoms with Crippen LogP contribution < -0.4 is 5.32 Å². The van der Waals surface area contributed by atoms with E-state index in [1.807, 2.05) is 13.8 Å². The molecule has 1 aromatic rings. The van der Waals surface area contributed by atoms with Gasteiger partial charge >= 0.3 is 0 Å². The van der Waals surface area contributed by atoms with Crippen LogP contribution in [0.4, 0.5) is 8.78 Å². The highest BCUT2D eigenvalue weighted by Gasteiger charge is 2.37. The number of fused-ring (bicyclic) bond motifs is 1. The summed E-state index contributed by atoms with van der Waals surface area (Å²) < 4.78 is 51.0. The van der Waals surface area contributed by atoms with E-state index in [0.29, 0.717) is 12.0 Å². The van der Waals surface area contributed by atoms with E-state index in [9.17, 15) is 17.2 Å². The van der Waals surface area contributed by atoms with Gasteiger partial charge in [0.05, 0.1) is 10.1 Å². The maximum atomic E-state index is 13.4. The van der Waals surface area contributed by atoms with Gasteiger partial charge in [-0.3, -0.25) is 0 Å². The van der Waals surface area contributed by atoms with Gasteiger partial charge in [-0.15, -0.1) is 0 Å². The van der Waals surface area contributed by atoms with E-state index in [2.05, 4.69) is 5.32 Å². The molecular weight excluding hydrogens is 272 g/mol. The molecule has 0 aliphatic carbocycles. The Morgan fingerprint density at radius 1 is 1.26 bits per heavy atom. The zero-order valence-electron chi connectivity index (χ0n) is 11.1. The molecule has 0 fully saturated rings. The van der Waals surface area contributed by atoms with Crippen molar-refractivity contribution in [3.8, 4) is 0 Å². The van der Waals surface area contributed by atoms with Gasteiger partial charge in [-0.2, -0.15) is 0 Å². The van der Waals surface area contributed by atoms with Gasteiger partial charge in [-0.05, 0) is 31.0 Å². The highest BCUT2D eigenvalue weighted by atomic mass is 32.2. The average molecular weight is 289 g/mol. The standard InChI is InChI=1S/C13H17F2NO2S/c1-7(2)16-12-4-8(3)19(17,18)13-6-11(15)10(14)5-9(12)13/h5-8,12,16H,4H2,1-3H3. The SMILES string of the molecule is CC(C)NC1CC(C)S(=O)(=O)c2cc(F)c(F)cc21. The van der Waals surface area contributed by atoms with Gasteiger partial charge in [0.2, 0.25) is 0 Å². The minimum atomic E-state index is -3.58. The molecule has 2 unspecified atom stereocenters. The maximum absolute atomic E-state index is 13.4. The molecule has 6 heteroatoms. The summed E-state index contributed by atoms with van der Waals surface area (Å²) in [4.78, 5) is -0.0942. The number of benzene rings is 1. The summed E-state index contributed by atoms with van der Waals surface area (Å²) in [7, 11) is -3.58. The number of hydrogen-bond acceptors (Lipinski definition) is 3. The Morgan fingerprint density at radius 2 is 1.84 bits per heavy atom. The molecule has 1 aliphatic rings. The molecule has 0 amide bonds. The van der Waals surface area contributed by atoms with Gasteiger partial charge in [0, 0.05) is 12.1 Å². The summed E-state index contributed by atoms with van der Waals surface area (Å²) in [6.07, 6.45) is 0.360. The van der Waals surface area contributed by atoms with Crippen molar-refractivity contribution in [3.05, 3.63) is 29.3 Å². The van der Waals surface area contributed by atoms with E-state index in [1.165, 1.54) is 0 Å². The molecule has 1 aromatic carbocycles. The van der Waals surface area contributed by atoms with Gasteiger partial charge in [-0.1, -0.05) is 13.8 Å². The first-order valence-corrected chi connectivity index (χ1v) is 7.77. The van der Waals surface area contributed by atoms with Crippen LogP contribution >= 0.6 is 0 Å². The van der Waals surface area contributed by atoms with Crippen molar-refractivity contribution in [1.29, 1.82) is 0 Å². The van der Waals surface area contributed by atoms with E-state index in [-0.39, 0.29) is 17.0 Å². The molecular formula is C13H17F2NO2S. The van der Waals surface area contributed by atoms with Crippen molar-refractivity contribution in [3.63, 3.8) is 0 Å². The minimum absolute atomic E-state index is 0.0942. The van der Waals surface area contributed by atoms with E-state index in [0.717, 1.165) is 12.1 Å². The summed E-state index contributed by atoms with van der Waals surface area (Å²) in [5, 5.41) is 2.59. The fourth-order valence-corrected chi connectivity index (χ4v) is 4.10. The monoisotopic (exact) mass is 289 g/mol. The normalized spacial score (nSPS) is 25.4. The van der Waals surface area contributed by atoms with Crippen LogP contribution in [0.5, 0.6) is 0 Å². The first kappa shape index (κ1) is 14.4. The van der Waals surface area contributed by atoms with Crippen LogP contribution in [-0.4, -0.2) is 19.7 Å². The average Bonchev–Trinajstić information content (AvgIpc) is 2.28. The molecule has 1 aliphatic heterocycles. The fourth-order valence-electron chi connectivity index (χ4n) is 2.43. The topological polar surface area (TPSA) is 46.2 Å². The van der Waals surface area contributed by atoms with Crippen LogP contribution in [0.1, 0.15) is 38.8 Å². The summed E-state index contributed by atoms with van der Waals surface area (Å²) in [6, 6.07) is 1.64. The van der Waals surface area contributed by atoms with E-state index >= 15 is 0 Å². The third-order valence-electron chi connectivity index (χ3n) is 3.37. The highest BCUT2D eigenvalue weighted by Crippen LogP contribution is 2.37. The van der Waals surface area contributed by atoms with Gasteiger partial charge in [0.1, 0.15) is 0 Å². The summed E-state index contributed by atoms with van der Waals surface area (Å²) in [6.45, 7) is 5.44. The molecule has 0 saturated carbocycles. The third kappa shape index (κ3) is 2.51. The van der Waals surface area contributed by atoms with Gasteiger partial charge in [0.15, 0.2) is 21.5 Å². The van der Waals surface area contributed by atoms with Crippen molar-refractivity contribution in [2.24, 2.45) is 0 Å². The second-order valence-corrected chi connectivity index (χ2v) is 7.60. The summed E-state index contributed by atoms with van der Waals surface area (Å²) in [5.41, 5.74) is 0.325. The van der Waals surface area contributed by atoms with Crippen LogP contribution in [0.15, 0.2) is 17.0 Å². The van der Waals surface area contributed by atoms with Gasteiger partial charge in [0.25, 0.3) is 0 Å². The third-order valence-corrected chi connectivity index (χ3v) is 5.59. The Balaban J connectivity index is 2.61. The second-order valence-electron chi connectivity index (χ2n) is 5.27. The lowest BCUT2D eigenvalue weighted by Gasteiger charge is -2.31. The number of halogens is 2. The van der Waals surface area contributed by atoms with Crippen molar-refractivity contribution < 1.29 is 17.2 Å². The Labute approximate surface area is 111 Å². The van der Waals surface area contributed by atoms with E-state index in [4.69, 9.17) is 0 Å². The molecule has 2 rings (SSSR count). The van der Waals surface area contributed by atoms with E-state index in [1.54, 1.807) is 6.92 Å². The Hall–Kier alpha value is -1.01. The number of hydrogen-bond donors (Lipinski definition) is 1. The van der Waals surface area contributed by atoms with Crippen LogP contribution in [0, 0.1) is 11.6 Å². The molecule has 0 aromatic heterocycles. The molecule has 0 radical (unpaired) electrons. The van der Waals surface area contributed by atoms with Crippen LogP contribution in [0.25, 0.3) is 0 Å². The number of nitrogens with one attached hydrogen (secondary N) is 1. The van der Waals surface area contributed by atoms with Crippen LogP contribution in [0.3, 0.4) is 0 Å². The zero-order valence-corrected chi connectivity index (χ0v) is 11.9. The fraction of sp³-hybridized carbons (Fsp3) is 0.538. The predicted molar refractivity (Wildman–Crippen MR) is 68.6 cm³/mol. The van der Waals surface area contributed by atoms with Gasteiger partial charge in [-0.25, -0.2) is 17.2 Å². The maximum Gasteiger partial charge on any atom is 0.181 e. The van der Waals surface area contributed by atoms with Crippen LogP contribution in [-0.2, 0) is 9.84 Å². The smallest absolute Gasteiger partial charge is 0.181 e. The van der Waals surface area contributed by atoms with Crippen LogP contribution in [0.2, 0.25) is 0 Å². The molecule has 2 atom stereocenters.